The number of amides is 1. The maximum absolute atomic E-state index is 11.0. The van der Waals surface area contributed by atoms with Crippen molar-refractivity contribution in [2.24, 2.45) is 5.14 Å². The van der Waals surface area contributed by atoms with Crippen LogP contribution < -0.4 is 10.5 Å². The van der Waals surface area contributed by atoms with Crippen LogP contribution in [0.4, 0.5) is 0 Å². The molecule has 0 saturated carbocycles. The summed E-state index contributed by atoms with van der Waals surface area (Å²) in [4.78, 5) is 11.0. The van der Waals surface area contributed by atoms with Crippen molar-refractivity contribution in [2.75, 3.05) is 5.75 Å². The summed E-state index contributed by atoms with van der Waals surface area (Å²) in [5.41, 5.74) is 0.802. The lowest BCUT2D eigenvalue weighted by molar-refractivity contribution is -0.117. The van der Waals surface area contributed by atoms with Crippen molar-refractivity contribution in [1.82, 2.24) is 5.32 Å². The van der Waals surface area contributed by atoms with Crippen molar-refractivity contribution in [2.45, 2.75) is 27.7 Å². The summed E-state index contributed by atoms with van der Waals surface area (Å²) in [6, 6.07) is 0. The highest BCUT2D eigenvalue weighted by atomic mass is 32.2. The Morgan fingerprint density at radius 2 is 2.00 bits per heavy atom. The molecule has 0 heterocycles. The summed E-state index contributed by atoms with van der Waals surface area (Å²) in [6.07, 6.45) is 5.53. The van der Waals surface area contributed by atoms with Crippen molar-refractivity contribution in [3.8, 4) is 0 Å². The van der Waals surface area contributed by atoms with Gasteiger partial charge in [-0.2, -0.15) is 0 Å². The molecule has 0 unspecified atom stereocenters. The van der Waals surface area contributed by atoms with Crippen LogP contribution in [-0.2, 0) is 4.79 Å². The van der Waals surface area contributed by atoms with Gasteiger partial charge in [0.05, 0.1) is 5.75 Å². The molecule has 0 spiro atoms. The zero-order valence-corrected chi connectivity index (χ0v) is 10.1. The second-order valence-corrected chi connectivity index (χ2v) is 2.73. The molecule has 0 rings (SSSR count). The van der Waals surface area contributed by atoms with Crippen LogP contribution in [0.15, 0.2) is 23.9 Å². The van der Waals surface area contributed by atoms with Gasteiger partial charge in [0, 0.05) is 5.70 Å². The molecule has 14 heavy (non-hydrogen) atoms. The first-order valence-corrected chi connectivity index (χ1v) is 5.70. The highest BCUT2D eigenvalue weighted by molar-refractivity contribution is 7.97. The van der Waals surface area contributed by atoms with Crippen molar-refractivity contribution < 1.29 is 4.79 Å². The summed E-state index contributed by atoms with van der Waals surface area (Å²) < 4.78 is 0. The van der Waals surface area contributed by atoms with E-state index in [0.717, 1.165) is 17.6 Å². The van der Waals surface area contributed by atoms with Crippen LogP contribution >= 0.6 is 11.9 Å². The topological polar surface area (TPSA) is 55.1 Å². The van der Waals surface area contributed by atoms with E-state index in [1.807, 2.05) is 45.9 Å². The first-order chi connectivity index (χ1) is 6.74. The van der Waals surface area contributed by atoms with Crippen LogP contribution in [-0.4, -0.2) is 11.7 Å². The quantitative estimate of drug-likeness (QED) is 0.559. The second-order valence-electron chi connectivity index (χ2n) is 2.10. The predicted octanol–water partition coefficient (Wildman–Crippen LogP) is 2.22. The molecule has 0 radical (unpaired) electrons. The van der Waals surface area contributed by atoms with Crippen LogP contribution in [0.3, 0.4) is 0 Å². The average Bonchev–Trinajstić information content (AvgIpc) is 2.20. The van der Waals surface area contributed by atoms with Gasteiger partial charge in [0.2, 0.25) is 5.91 Å². The van der Waals surface area contributed by atoms with Gasteiger partial charge in [0.15, 0.2) is 0 Å². The van der Waals surface area contributed by atoms with Crippen LogP contribution in [0.1, 0.15) is 27.7 Å². The summed E-state index contributed by atoms with van der Waals surface area (Å²) in [7, 11) is 0. The van der Waals surface area contributed by atoms with E-state index in [4.69, 9.17) is 5.14 Å². The van der Waals surface area contributed by atoms with Crippen LogP contribution in [0.5, 0.6) is 0 Å². The third-order valence-electron chi connectivity index (χ3n) is 1.16. The molecular formula is C10H20N2OS. The third kappa shape index (κ3) is 9.35. The molecule has 0 bridgehead atoms. The number of nitrogens with one attached hydrogen (secondary N) is 1. The normalized spacial score (nSPS) is 10.8. The smallest absolute Gasteiger partial charge is 0.235 e. The van der Waals surface area contributed by atoms with E-state index >= 15 is 0 Å². The van der Waals surface area contributed by atoms with Gasteiger partial charge in [-0.1, -0.05) is 37.9 Å². The minimum absolute atomic E-state index is 0.0753. The van der Waals surface area contributed by atoms with E-state index in [0.29, 0.717) is 0 Å². The molecule has 0 aliphatic heterocycles. The van der Waals surface area contributed by atoms with Crippen LogP contribution in [0.25, 0.3) is 0 Å². The number of carbonyl (C=O) groups excluding carboxylic acids is 1. The molecule has 0 saturated heterocycles. The van der Waals surface area contributed by atoms with E-state index < -0.39 is 0 Å². The standard InChI is InChI=1S/C8H14N2OS.C2H6/c1-3-5-7(4-2)10-8(11)6-12-9;1-2/h3-5H,6,9H2,1-2H3,(H,10,11);1-2H3/b5-3-,7-4+;. The first-order valence-electron chi connectivity index (χ1n) is 4.65. The van der Waals surface area contributed by atoms with E-state index in [9.17, 15) is 4.79 Å². The molecule has 0 aromatic carbocycles. The SMILES string of the molecule is C/C=C\C(=C/C)NC(=O)CSN.CC. The van der Waals surface area contributed by atoms with Crippen LogP contribution in [0, 0.1) is 0 Å². The fourth-order valence-corrected chi connectivity index (χ4v) is 0.886. The Morgan fingerprint density at radius 1 is 1.43 bits per heavy atom. The number of allylic oxidation sites excluding steroid dienone is 3. The van der Waals surface area contributed by atoms with E-state index in [2.05, 4.69) is 5.32 Å². The maximum atomic E-state index is 11.0. The molecule has 0 aliphatic rings. The number of carbonyl (C=O) groups is 1. The lowest BCUT2D eigenvalue weighted by atomic mass is 10.3. The van der Waals surface area contributed by atoms with Gasteiger partial charge in [0.1, 0.15) is 0 Å². The largest absolute Gasteiger partial charge is 0.326 e. The van der Waals surface area contributed by atoms with E-state index in [1.54, 1.807) is 0 Å². The molecule has 0 atom stereocenters. The Kier molecular flexibility index (Phi) is 13.8. The second kappa shape index (κ2) is 12.3. The summed E-state index contributed by atoms with van der Waals surface area (Å²) >= 11 is 1.02. The number of hydrogen-bond acceptors (Lipinski definition) is 3. The van der Waals surface area contributed by atoms with Crippen molar-refractivity contribution in [1.29, 1.82) is 0 Å². The summed E-state index contributed by atoms with van der Waals surface area (Å²) in [5.74, 6) is 0.211. The van der Waals surface area contributed by atoms with Crippen molar-refractivity contribution in [3.05, 3.63) is 23.9 Å². The molecule has 3 N–H and O–H groups in total. The number of nitrogens with two attached hydrogens (primary N) is 1. The summed E-state index contributed by atoms with van der Waals surface area (Å²) in [6.45, 7) is 7.76. The highest BCUT2D eigenvalue weighted by Gasteiger charge is 1.99. The summed E-state index contributed by atoms with van der Waals surface area (Å²) in [5, 5.41) is 7.84. The predicted molar refractivity (Wildman–Crippen MR) is 64.7 cm³/mol. The molecule has 4 heteroatoms. The Balaban J connectivity index is 0. The first kappa shape index (κ1) is 15.7. The van der Waals surface area contributed by atoms with Gasteiger partial charge in [-0.3, -0.25) is 9.93 Å². The van der Waals surface area contributed by atoms with E-state index in [-0.39, 0.29) is 11.7 Å². The highest BCUT2D eigenvalue weighted by Crippen LogP contribution is 1.93. The molecule has 3 nitrogen and oxygen atoms in total. The minimum atomic E-state index is -0.0753. The number of rotatable bonds is 4. The zero-order valence-electron chi connectivity index (χ0n) is 9.33. The fourth-order valence-electron chi connectivity index (χ4n) is 0.662. The van der Waals surface area contributed by atoms with E-state index in [1.165, 1.54) is 0 Å². The average molecular weight is 216 g/mol. The third-order valence-corrected chi connectivity index (χ3v) is 1.58. The van der Waals surface area contributed by atoms with Crippen LogP contribution in [0.2, 0.25) is 0 Å². The molecular weight excluding hydrogens is 196 g/mol. The molecule has 82 valence electrons. The van der Waals surface area contributed by atoms with Gasteiger partial charge in [-0.25, -0.2) is 0 Å². The molecule has 0 aromatic heterocycles. The maximum Gasteiger partial charge on any atom is 0.235 e. The Hall–Kier alpha value is -0.740. The monoisotopic (exact) mass is 216 g/mol. The molecule has 1 amide bonds. The molecule has 0 aliphatic carbocycles. The van der Waals surface area contributed by atoms with Gasteiger partial charge in [-0.05, 0) is 19.9 Å². The fraction of sp³-hybridized carbons (Fsp3) is 0.500. The molecule has 0 aromatic rings. The van der Waals surface area contributed by atoms with Crippen molar-refractivity contribution >= 4 is 17.9 Å². The number of hydrogen-bond donors (Lipinski definition) is 2. The van der Waals surface area contributed by atoms with Gasteiger partial charge < -0.3 is 5.32 Å². The lowest BCUT2D eigenvalue weighted by Crippen LogP contribution is -2.24. The van der Waals surface area contributed by atoms with Gasteiger partial charge in [-0.15, -0.1) is 0 Å². The Labute approximate surface area is 91.0 Å². The molecule has 0 fully saturated rings. The zero-order chi connectivity index (χ0) is 11.4. The Morgan fingerprint density at radius 3 is 2.36 bits per heavy atom. The van der Waals surface area contributed by atoms with Gasteiger partial charge >= 0.3 is 0 Å². The minimum Gasteiger partial charge on any atom is -0.326 e. The van der Waals surface area contributed by atoms with Gasteiger partial charge in [0.25, 0.3) is 0 Å². The Bertz CT molecular complexity index is 200. The van der Waals surface area contributed by atoms with Crippen molar-refractivity contribution in [3.63, 3.8) is 0 Å². The lowest BCUT2D eigenvalue weighted by Gasteiger charge is -2.02.